The SMILES string of the molecule is CCc1ccc(C)[n+](CC(=O)Nc2c(Cl)cc(Cl)cc2Cl)c1. The molecule has 1 aromatic heterocycles. The van der Waals surface area contributed by atoms with Crippen molar-refractivity contribution in [2.24, 2.45) is 0 Å². The van der Waals surface area contributed by atoms with E-state index in [1.54, 1.807) is 12.1 Å². The number of halogens is 3. The van der Waals surface area contributed by atoms with Crippen LogP contribution >= 0.6 is 34.8 Å². The first-order valence-electron chi connectivity index (χ1n) is 6.84. The van der Waals surface area contributed by atoms with E-state index in [9.17, 15) is 4.79 Å². The zero-order chi connectivity index (χ0) is 16.3. The molecule has 0 atom stereocenters. The van der Waals surface area contributed by atoms with E-state index in [0.29, 0.717) is 20.8 Å². The van der Waals surface area contributed by atoms with Crippen LogP contribution in [0.15, 0.2) is 30.5 Å². The second-order valence-electron chi connectivity index (χ2n) is 4.95. The highest BCUT2D eigenvalue weighted by Gasteiger charge is 2.16. The monoisotopic (exact) mass is 357 g/mol. The first kappa shape index (κ1) is 17.1. The Bertz CT molecular complexity index is 694. The number of anilines is 1. The van der Waals surface area contributed by atoms with E-state index in [2.05, 4.69) is 18.3 Å². The topological polar surface area (TPSA) is 33.0 Å². The van der Waals surface area contributed by atoms with Crippen LogP contribution < -0.4 is 9.88 Å². The summed E-state index contributed by atoms with van der Waals surface area (Å²) in [5.74, 6) is -0.201. The average Bonchev–Trinajstić information content (AvgIpc) is 2.45. The van der Waals surface area contributed by atoms with Crippen LogP contribution in [0, 0.1) is 6.92 Å². The number of hydrogen-bond donors (Lipinski definition) is 1. The molecule has 6 heteroatoms. The largest absolute Gasteiger partial charge is 0.318 e. The lowest BCUT2D eigenvalue weighted by Crippen LogP contribution is -2.43. The van der Waals surface area contributed by atoms with Gasteiger partial charge in [-0.25, -0.2) is 0 Å². The first-order valence-corrected chi connectivity index (χ1v) is 7.97. The normalized spacial score (nSPS) is 10.6. The second kappa shape index (κ2) is 7.32. The highest BCUT2D eigenvalue weighted by Crippen LogP contribution is 2.33. The third kappa shape index (κ3) is 4.13. The lowest BCUT2D eigenvalue weighted by Gasteiger charge is -2.09. The number of hydrogen-bond acceptors (Lipinski definition) is 1. The minimum atomic E-state index is -0.201. The van der Waals surface area contributed by atoms with Crippen molar-refractivity contribution in [1.29, 1.82) is 0 Å². The number of carbonyl (C=O) groups excluding carboxylic acids is 1. The number of benzene rings is 1. The lowest BCUT2D eigenvalue weighted by atomic mass is 10.2. The molecule has 0 fully saturated rings. The maximum atomic E-state index is 12.2. The van der Waals surface area contributed by atoms with Crippen molar-refractivity contribution in [2.75, 3.05) is 5.32 Å². The Hall–Kier alpha value is -1.29. The summed E-state index contributed by atoms with van der Waals surface area (Å²) in [7, 11) is 0. The van der Waals surface area contributed by atoms with Crippen LogP contribution in [0.1, 0.15) is 18.2 Å². The predicted octanol–water partition coefficient (Wildman–Crippen LogP) is 4.44. The summed E-state index contributed by atoms with van der Waals surface area (Å²) < 4.78 is 1.89. The van der Waals surface area contributed by atoms with Crippen LogP contribution in [-0.2, 0) is 17.8 Å². The highest BCUT2D eigenvalue weighted by molar-refractivity contribution is 6.42. The van der Waals surface area contributed by atoms with E-state index >= 15 is 0 Å². The third-order valence-corrected chi connectivity index (χ3v) is 4.12. The van der Waals surface area contributed by atoms with Crippen molar-refractivity contribution in [3.63, 3.8) is 0 Å². The standard InChI is InChI=1S/C16H15Cl3N2O/c1-3-11-5-4-10(2)21(8-11)9-15(22)20-16-13(18)6-12(17)7-14(16)19/h4-8H,3,9H2,1-2H3/p+1. The Labute approximate surface area is 144 Å². The first-order chi connectivity index (χ1) is 10.4. The number of amides is 1. The molecule has 0 saturated heterocycles. The Morgan fingerprint density at radius 2 is 1.82 bits per heavy atom. The molecule has 2 rings (SSSR count). The van der Waals surface area contributed by atoms with Crippen molar-refractivity contribution in [3.8, 4) is 0 Å². The van der Waals surface area contributed by atoms with Gasteiger partial charge in [-0.1, -0.05) is 41.7 Å². The molecule has 0 bridgehead atoms. The molecule has 0 aliphatic heterocycles. The predicted molar refractivity (Wildman–Crippen MR) is 90.9 cm³/mol. The minimum absolute atomic E-state index is 0.189. The van der Waals surface area contributed by atoms with Gasteiger partial charge in [0.15, 0.2) is 11.9 Å². The van der Waals surface area contributed by atoms with Gasteiger partial charge in [0.05, 0.1) is 15.7 Å². The van der Waals surface area contributed by atoms with Crippen LogP contribution in [0.3, 0.4) is 0 Å². The van der Waals surface area contributed by atoms with Crippen molar-refractivity contribution in [2.45, 2.75) is 26.8 Å². The van der Waals surface area contributed by atoms with Gasteiger partial charge in [0.25, 0.3) is 5.91 Å². The Balaban J connectivity index is 2.17. The molecule has 0 radical (unpaired) electrons. The second-order valence-corrected chi connectivity index (χ2v) is 6.20. The van der Waals surface area contributed by atoms with E-state index in [0.717, 1.165) is 12.1 Å². The molecule has 1 heterocycles. The van der Waals surface area contributed by atoms with Crippen LogP contribution in [0.2, 0.25) is 15.1 Å². The van der Waals surface area contributed by atoms with Gasteiger partial charge in [-0.3, -0.25) is 4.79 Å². The maximum Gasteiger partial charge on any atom is 0.290 e. The summed E-state index contributed by atoms with van der Waals surface area (Å²) >= 11 is 18.0. The number of aryl methyl sites for hydroxylation is 2. The Morgan fingerprint density at radius 3 is 2.41 bits per heavy atom. The number of aromatic nitrogens is 1. The van der Waals surface area contributed by atoms with E-state index in [-0.39, 0.29) is 12.5 Å². The molecule has 1 N–H and O–H groups in total. The van der Waals surface area contributed by atoms with E-state index in [4.69, 9.17) is 34.8 Å². The highest BCUT2D eigenvalue weighted by atomic mass is 35.5. The molecule has 0 aliphatic rings. The number of nitrogens with one attached hydrogen (secondary N) is 1. The Kier molecular flexibility index (Phi) is 5.68. The fourth-order valence-corrected chi connectivity index (χ4v) is 2.95. The van der Waals surface area contributed by atoms with Gasteiger partial charge in [-0.2, -0.15) is 4.57 Å². The van der Waals surface area contributed by atoms with Gasteiger partial charge in [-0.15, -0.1) is 0 Å². The number of nitrogens with zero attached hydrogens (tertiary/aromatic N) is 1. The zero-order valence-corrected chi connectivity index (χ0v) is 14.6. The lowest BCUT2D eigenvalue weighted by molar-refractivity contribution is -0.690. The van der Waals surface area contributed by atoms with Crippen molar-refractivity contribution in [3.05, 3.63) is 56.8 Å². The molecule has 3 nitrogen and oxygen atoms in total. The maximum absolute atomic E-state index is 12.2. The molecule has 0 unspecified atom stereocenters. The Morgan fingerprint density at radius 1 is 1.18 bits per heavy atom. The summed E-state index contributed by atoms with van der Waals surface area (Å²) in [4.78, 5) is 12.2. The van der Waals surface area contributed by atoms with Gasteiger partial charge in [0.2, 0.25) is 6.54 Å². The van der Waals surface area contributed by atoms with Gasteiger partial charge in [0, 0.05) is 23.6 Å². The fraction of sp³-hybridized carbons (Fsp3) is 0.250. The minimum Gasteiger partial charge on any atom is -0.318 e. The number of pyridine rings is 1. The van der Waals surface area contributed by atoms with Gasteiger partial charge in [0.1, 0.15) is 0 Å². The van der Waals surface area contributed by atoms with Gasteiger partial charge in [-0.05, 0) is 24.6 Å². The molecule has 1 amide bonds. The van der Waals surface area contributed by atoms with Crippen molar-refractivity contribution in [1.82, 2.24) is 0 Å². The third-order valence-electron chi connectivity index (χ3n) is 3.31. The quantitative estimate of drug-likeness (QED) is 0.805. The number of rotatable bonds is 4. The van der Waals surface area contributed by atoms with Crippen molar-refractivity contribution >= 4 is 46.4 Å². The summed E-state index contributed by atoms with van der Waals surface area (Å²) in [6, 6.07) is 7.13. The van der Waals surface area contributed by atoms with Crippen LogP contribution in [-0.4, -0.2) is 5.91 Å². The molecule has 1 aromatic carbocycles. The summed E-state index contributed by atoms with van der Waals surface area (Å²) in [6.45, 7) is 4.21. The van der Waals surface area contributed by atoms with Gasteiger partial charge >= 0.3 is 0 Å². The molecule has 0 saturated carbocycles. The summed E-state index contributed by atoms with van der Waals surface area (Å²) in [5, 5.41) is 3.79. The van der Waals surface area contributed by atoms with E-state index in [1.165, 1.54) is 5.56 Å². The molecular weight excluding hydrogens is 343 g/mol. The number of carbonyl (C=O) groups is 1. The summed E-state index contributed by atoms with van der Waals surface area (Å²) in [5.41, 5.74) is 2.55. The van der Waals surface area contributed by atoms with Crippen LogP contribution in [0.25, 0.3) is 0 Å². The average molecular weight is 359 g/mol. The molecule has 116 valence electrons. The fourth-order valence-electron chi connectivity index (χ4n) is 2.04. The molecule has 2 aromatic rings. The van der Waals surface area contributed by atoms with Gasteiger partial charge < -0.3 is 5.32 Å². The zero-order valence-electron chi connectivity index (χ0n) is 12.3. The van der Waals surface area contributed by atoms with Crippen LogP contribution in [0.5, 0.6) is 0 Å². The molecule has 22 heavy (non-hydrogen) atoms. The molecule has 0 aliphatic carbocycles. The summed E-state index contributed by atoms with van der Waals surface area (Å²) in [6.07, 6.45) is 2.89. The smallest absolute Gasteiger partial charge is 0.290 e. The molecular formula is C16H16Cl3N2O+. The van der Waals surface area contributed by atoms with E-state index < -0.39 is 0 Å². The molecule has 0 spiro atoms. The van der Waals surface area contributed by atoms with Crippen molar-refractivity contribution < 1.29 is 9.36 Å². The van der Waals surface area contributed by atoms with Crippen LogP contribution in [0.4, 0.5) is 5.69 Å². The van der Waals surface area contributed by atoms with E-state index in [1.807, 2.05) is 23.8 Å².